The molecule has 0 heterocycles. The molecule has 144 valence electrons. The van der Waals surface area contributed by atoms with E-state index in [1.54, 1.807) is 55.5 Å². The maximum absolute atomic E-state index is 16.2. The summed E-state index contributed by atoms with van der Waals surface area (Å²) in [5, 5.41) is 12.4. The summed E-state index contributed by atoms with van der Waals surface area (Å²) in [6, 6.07) is 17.5. The van der Waals surface area contributed by atoms with Crippen molar-refractivity contribution in [1.82, 2.24) is 0 Å². The molecule has 2 aromatic rings. The average Bonchev–Trinajstić information content (AvgIpc) is 2.70. The fourth-order valence-electron chi connectivity index (χ4n) is 3.95. The number of hydrogen-bond acceptors (Lipinski definition) is 2. The molecule has 0 aliphatic heterocycles. The molecular formula is C23H28FO2P. The first-order valence-electron chi connectivity index (χ1n) is 9.54. The van der Waals surface area contributed by atoms with Crippen molar-refractivity contribution < 1.29 is 14.1 Å². The summed E-state index contributed by atoms with van der Waals surface area (Å²) in [6.45, 7) is 5.92. The van der Waals surface area contributed by atoms with Crippen LogP contribution in [-0.2, 0) is 4.57 Å². The third kappa shape index (κ3) is 3.56. The highest BCUT2D eigenvalue weighted by atomic mass is 31.2. The second-order valence-corrected chi connectivity index (χ2v) is 10.7. The zero-order valence-corrected chi connectivity index (χ0v) is 17.1. The number of rotatable bonds is 5. The zero-order valence-electron chi connectivity index (χ0n) is 16.2. The van der Waals surface area contributed by atoms with Crippen LogP contribution in [0.5, 0.6) is 0 Å². The molecule has 3 atom stereocenters. The number of hydrogen-bond donors (Lipinski definition) is 1. The summed E-state index contributed by atoms with van der Waals surface area (Å²) in [5.41, 5.74) is -1.15. The molecule has 3 rings (SSSR count). The molecule has 2 aromatic carbocycles. The van der Waals surface area contributed by atoms with Crippen molar-refractivity contribution >= 4 is 17.8 Å². The molecule has 0 radical (unpaired) electrons. The second kappa shape index (κ2) is 7.73. The van der Waals surface area contributed by atoms with Gasteiger partial charge in [0.05, 0.1) is 0 Å². The van der Waals surface area contributed by atoms with Crippen LogP contribution >= 0.6 is 7.14 Å². The summed E-state index contributed by atoms with van der Waals surface area (Å²) in [5.74, 6) is -1.41. The minimum absolute atomic E-state index is 0.164. The van der Waals surface area contributed by atoms with Gasteiger partial charge >= 0.3 is 0 Å². The van der Waals surface area contributed by atoms with Gasteiger partial charge in [-0.3, -0.25) is 0 Å². The van der Waals surface area contributed by atoms with Crippen molar-refractivity contribution in [3.8, 4) is 0 Å². The van der Waals surface area contributed by atoms with Crippen LogP contribution in [0.25, 0.3) is 0 Å². The van der Waals surface area contributed by atoms with E-state index in [-0.39, 0.29) is 12.3 Å². The number of alkyl halides is 1. The van der Waals surface area contributed by atoms with Crippen molar-refractivity contribution in [3.05, 3.63) is 72.3 Å². The van der Waals surface area contributed by atoms with Crippen LogP contribution in [0.3, 0.4) is 0 Å². The molecule has 2 nitrogen and oxygen atoms in total. The first kappa shape index (κ1) is 20.0. The summed E-state index contributed by atoms with van der Waals surface area (Å²) >= 11 is 0. The van der Waals surface area contributed by atoms with E-state index in [1.165, 1.54) is 0 Å². The van der Waals surface area contributed by atoms with E-state index in [9.17, 15) is 9.67 Å². The largest absolute Gasteiger partial charge is 0.382 e. The Morgan fingerprint density at radius 1 is 1.04 bits per heavy atom. The monoisotopic (exact) mass is 386 g/mol. The van der Waals surface area contributed by atoms with Gasteiger partial charge in [0.1, 0.15) is 5.60 Å². The molecule has 0 amide bonds. The highest BCUT2D eigenvalue weighted by molar-refractivity contribution is 7.79. The molecule has 27 heavy (non-hydrogen) atoms. The Kier molecular flexibility index (Phi) is 5.74. The van der Waals surface area contributed by atoms with Crippen LogP contribution in [0.15, 0.2) is 72.3 Å². The van der Waals surface area contributed by atoms with Crippen molar-refractivity contribution in [2.75, 3.05) is 0 Å². The molecule has 0 aromatic heterocycles. The SMILES string of the molecule is CC1=CC[C@@H](C(C)C)C[C@@]1(O)[C@@H](F)P(=O)(c1ccccc1)c1ccccc1. The Labute approximate surface area is 161 Å². The third-order valence-electron chi connectivity index (χ3n) is 5.92. The normalized spacial score (nSPS) is 24.5. The Bertz CT molecular complexity index is 804. The quantitative estimate of drug-likeness (QED) is 0.577. The highest BCUT2D eigenvalue weighted by Gasteiger charge is 2.53. The molecule has 0 fully saturated rings. The fourth-order valence-corrected chi connectivity index (χ4v) is 6.91. The molecule has 1 aliphatic rings. The van der Waals surface area contributed by atoms with Gasteiger partial charge in [0.25, 0.3) is 0 Å². The van der Waals surface area contributed by atoms with Gasteiger partial charge in [-0.1, -0.05) is 80.6 Å². The topological polar surface area (TPSA) is 37.3 Å². The van der Waals surface area contributed by atoms with Crippen LogP contribution in [0.4, 0.5) is 4.39 Å². The van der Waals surface area contributed by atoms with E-state index in [0.717, 1.165) is 6.42 Å². The van der Waals surface area contributed by atoms with Gasteiger partial charge in [-0.25, -0.2) is 4.39 Å². The van der Waals surface area contributed by atoms with E-state index >= 15 is 4.39 Å². The minimum atomic E-state index is -3.70. The Morgan fingerprint density at radius 2 is 1.52 bits per heavy atom. The van der Waals surface area contributed by atoms with Gasteiger partial charge < -0.3 is 9.67 Å². The first-order valence-corrected chi connectivity index (χ1v) is 11.3. The Hall–Kier alpha value is -1.70. The molecule has 0 bridgehead atoms. The summed E-state index contributed by atoms with van der Waals surface area (Å²) in [4.78, 5) is 0. The lowest BCUT2D eigenvalue weighted by Gasteiger charge is -2.42. The van der Waals surface area contributed by atoms with Gasteiger partial charge in [0.2, 0.25) is 0 Å². The molecule has 0 spiro atoms. The average molecular weight is 386 g/mol. The number of benzene rings is 2. The number of allylic oxidation sites excluding steroid dienone is 1. The van der Waals surface area contributed by atoms with Crippen molar-refractivity contribution in [2.24, 2.45) is 11.8 Å². The van der Waals surface area contributed by atoms with E-state index in [2.05, 4.69) is 13.8 Å². The lowest BCUT2D eigenvalue weighted by molar-refractivity contribution is -0.00343. The van der Waals surface area contributed by atoms with Crippen molar-refractivity contribution in [1.29, 1.82) is 0 Å². The molecule has 0 unspecified atom stereocenters. The minimum Gasteiger partial charge on any atom is -0.382 e. The van der Waals surface area contributed by atoms with Crippen molar-refractivity contribution in [2.45, 2.75) is 45.1 Å². The molecule has 0 saturated heterocycles. The van der Waals surface area contributed by atoms with Crippen LogP contribution < -0.4 is 10.6 Å². The van der Waals surface area contributed by atoms with Crippen LogP contribution in [0.1, 0.15) is 33.6 Å². The van der Waals surface area contributed by atoms with Crippen LogP contribution in [0.2, 0.25) is 0 Å². The van der Waals surface area contributed by atoms with Gasteiger partial charge in [0.15, 0.2) is 13.1 Å². The second-order valence-electron chi connectivity index (χ2n) is 7.92. The zero-order chi connectivity index (χ0) is 19.7. The molecule has 1 N–H and O–H groups in total. The Morgan fingerprint density at radius 3 is 1.96 bits per heavy atom. The smallest absolute Gasteiger partial charge is 0.193 e. The van der Waals surface area contributed by atoms with Gasteiger partial charge in [-0.2, -0.15) is 0 Å². The summed E-state index contributed by atoms with van der Waals surface area (Å²) in [6.07, 6.45) is 3.03. The highest BCUT2D eigenvalue weighted by Crippen LogP contribution is 2.57. The predicted molar refractivity (Wildman–Crippen MR) is 111 cm³/mol. The maximum Gasteiger partial charge on any atom is 0.193 e. The lowest BCUT2D eigenvalue weighted by Crippen LogP contribution is -2.48. The first-order chi connectivity index (χ1) is 12.8. The van der Waals surface area contributed by atoms with E-state index in [4.69, 9.17) is 0 Å². The van der Waals surface area contributed by atoms with Gasteiger partial charge in [-0.15, -0.1) is 0 Å². The maximum atomic E-state index is 16.2. The molecule has 4 heteroatoms. The van der Waals surface area contributed by atoms with Gasteiger partial charge in [0, 0.05) is 10.6 Å². The molecule has 1 aliphatic carbocycles. The Balaban J connectivity index is 2.14. The molecule has 0 saturated carbocycles. The summed E-state index contributed by atoms with van der Waals surface area (Å²) < 4.78 is 30.5. The lowest BCUT2D eigenvalue weighted by atomic mass is 9.74. The van der Waals surface area contributed by atoms with Gasteiger partial charge in [-0.05, 0) is 37.2 Å². The summed E-state index contributed by atoms with van der Waals surface area (Å²) in [7, 11) is -3.70. The molecular weight excluding hydrogens is 358 g/mol. The van der Waals surface area contributed by atoms with E-state index in [0.29, 0.717) is 22.1 Å². The fraction of sp³-hybridized carbons (Fsp3) is 0.391. The third-order valence-corrected chi connectivity index (χ3v) is 9.11. The predicted octanol–water partition coefficient (Wildman–Crippen LogP) is 5.04. The van der Waals surface area contributed by atoms with E-state index < -0.39 is 18.7 Å². The van der Waals surface area contributed by atoms with E-state index in [1.807, 2.05) is 18.2 Å². The van der Waals surface area contributed by atoms with Crippen LogP contribution in [-0.4, -0.2) is 16.6 Å². The van der Waals surface area contributed by atoms with Crippen molar-refractivity contribution in [3.63, 3.8) is 0 Å². The number of aliphatic hydroxyl groups is 1. The van der Waals surface area contributed by atoms with Crippen LogP contribution in [0, 0.1) is 11.8 Å². The standard InChI is InChI=1S/C23H28FO2P/c1-17(2)19-15-14-18(3)23(25,16-19)22(24)27(26,20-10-6-4-7-11-20)21-12-8-5-9-13-21/h4-14,17,19,22,25H,15-16H2,1-3H3/t19-,22+,23+/m1/s1. The number of halogens is 1.